The molecule has 0 heterocycles. The largest absolute Gasteiger partial charge is 0.0991 e. The van der Waals surface area contributed by atoms with Crippen molar-refractivity contribution in [2.24, 2.45) is 0 Å². The van der Waals surface area contributed by atoms with E-state index in [4.69, 9.17) is 0 Å². The molecule has 0 aromatic rings. The minimum Gasteiger partial charge on any atom is -0.0991 e. The van der Waals surface area contributed by atoms with Gasteiger partial charge in [-0.15, -0.1) is 0 Å². The van der Waals surface area contributed by atoms with Crippen LogP contribution in [-0.4, -0.2) is 30.0 Å². The van der Waals surface area contributed by atoms with Gasteiger partial charge in [0, 0.05) is 0 Å². The maximum Gasteiger partial charge on any atom is -0.000583 e. The molecule has 0 atom stereocenters. The summed E-state index contributed by atoms with van der Waals surface area (Å²) in [4.78, 5) is 0. The Labute approximate surface area is 176 Å². The van der Waals surface area contributed by atoms with Gasteiger partial charge in [0.05, 0.1) is 0 Å². The molecule has 0 aliphatic carbocycles. The van der Waals surface area contributed by atoms with Crippen LogP contribution in [0.5, 0.6) is 0 Å². The third-order valence-electron chi connectivity index (χ3n) is 5.85. The molecule has 2 heteroatoms. The van der Waals surface area contributed by atoms with Crippen LogP contribution in [0.3, 0.4) is 0 Å². The number of rotatable bonds is 21. The van der Waals surface area contributed by atoms with Crippen molar-refractivity contribution in [3.63, 3.8) is 0 Å². The molecule has 0 saturated carbocycles. The predicted octanol–water partition coefficient (Wildman–Crippen LogP) is 10.2. The molecule has 0 bridgehead atoms. The molecule has 164 valence electrons. The van der Waals surface area contributed by atoms with E-state index in [-0.39, 0.29) is 15.8 Å². The first kappa shape index (κ1) is 27.9. The topological polar surface area (TPSA) is 0 Å². The van der Waals surface area contributed by atoms with Gasteiger partial charge in [-0.1, -0.05) is 115 Å². The first-order valence-corrected chi connectivity index (χ1v) is 16.3. The molecular weight excluding hydrogens is 362 g/mol. The molecular formula is C25H54P2. The molecule has 0 unspecified atom stereocenters. The van der Waals surface area contributed by atoms with E-state index in [9.17, 15) is 0 Å². The summed E-state index contributed by atoms with van der Waals surface area (Å²) in [5.41, 5.74) is 0. The lowest BCUT2D eigenvalue weighted by atomic mass is 10.3. The van der Waals surface area contributed by atoms with Crippen molar-refractivity contribution in [2.45, 2.75) is 136 Å². The average Bonchev–Trinajstić information content (AvgIpc) is 2.67. The van der Waals surface area contributed by atoms with Crippen molar-refractivity contribution < 1.29 is 0 Å². The number of hydrogen-bond donors (Lipinski definition) is 0. The van der Waals surface area contributed by atoms with E-state index in [1.807, 2.05) is 0 Å². The highest BCUT2D eigenvalue weighted by Gasteiger charge is 2.27. The number of unbranched alkanes of at least 4 members (excludes halogenated alkanes) is 9. The average molecular weight is 417 g/mol. The fourth-order valence-electron chi connectivity index (χ4n) is 4.06. The molecule has 0 N–H and O–H groups in total. The van der Waals surface area contributed by atoms with Gasteiger partial charge >= 0.3 is 0 Å². The van der Waals surface area contributed by atoms with Crippen LogP contribution < -0.4 is 0 Å². The van der Waals surface area contributed by atoms with E-state index < -0.39 is 0 Å². The second-order valence-electron chi connectivity index (χ2n) is 8.52. The van der Waals surface area contributed by atoms with Gasteiger partial charge in [-0.05, 0) is 62.2 Å². The van der Waals surface area contributed by atoms with Crippen molar-refractivity contribution >= 4 is 15.8 Å². The fourth-order valence-corrected chi connectivity index (χ4v) is 12.5. The molecule has 0 aromatic heterocycles. The minimum absolute atomic E-state index is 0.289. The van der Waals surface area contributed by atoms with Gasteiger partial charge in [0.15, 0.2) is 0 Å². The lowest BCUT2D eigenvalue weighted by Gasteiger charge is -2.36. The van der Waals surface area contributed by atoms with Crippen LogP contribution in [0.15, 0.2) is 0 Å². The summed E-state index contributed by atoms with van der Waals surface area (Å²) >= 11 is 0. The normalized spacial score (nSPS) is 12.0. The van der Waals surface area contributed by atoms with Gasteiger partial charge in [0.2, 0.25) is 0 Å². The van der Waals surface area contributed by atoms with Crippen molar-refractivity contribution in [1.82, 2.24) is 0 Å². The summed E-state index contributed by atoms with van der Waals surface area (Å²) in [7, 11) is 0.578. The lowest BCUT2D eigenvalue weighted by Crippen LogP contribution is -2.13. The van der Waals surface area contributed by atoms with Crippen LogP contribution in [0.4, 0.5) is 0 Å². The monoisotopic (exact) mass is 416 g/mol. The van der Waals surface area contributed by atoms with E-state index in [0.717, 1.165) is 5.40 Å². The maximum atomic E-state index is 2.41. The summed E-state index contributed by atoms with van der Waals surface area (Å²) in [5.74, 6) is 0. The third-order valence-corrected chi connectivity index (χ3v) is 13.6. The van der Waals surface area contributed by atoms with Crippen molar-refractivity contribution in [3.8, 4) is 0 Å². The summed E-state index contributed by atoms with van der Waals surface area (Å²) in [6, 6.07) is 0. The minimum atomic E-state index is 0.289. The second kappa shape index (κ2) is 21.6. The Bertz CT molecular complexity index is 235. The van der Waals surface area contributed by atoms with Crippen LogP contribution in [0.1, 0.15) is 131 Å². The van der Waals surface area contributed by atoms with Gasteiger partial charge in [-0.25, -0.2) is 0 Å². The van der Waals surface area contributed by atoms with Crippen LogP contribution >= 0.6 is 15.8 Å². The van der Waals surface area contributed by atoms with Gasteiger partial charge in [0.1, 0.15) is 0 Å². The zero-order valence-electron chi connectivity index (χ0n) is 19.9. The van der Waals surface area contributed by atoms with Crippen molar-refractivity contribution in [2.75, 3.05) is 24.6 Å². The molecule has 27 heavy (non-hydrogen) atoms. The molecule has 0 saturated heterocycles. The van der Waals surface area contributed by atoms with E-state index in [0.29, 0.717) is 0 Å². The summed E-state index contributed by atoms with van der Waals surface area (Å²) in [6.07, 6.45) is 28.4. The molecule has 0 fully saturated rings. The van der Waals surface area contributed by atoms with Gasteiger partial charge in [-0.2, -0.15) is 0 Å². The summed E-state index contributed by atoms with van der Waals surface area (Å²) in [6.45, 7) is 11.9. The second-order valence-corrected chi connectivity index (χ2v) is 14.3. The van der Waals surface area contributed by atoms with Crippen molar-refractivity contribution in [1.29, 1.82) is 0 Å². The van der Waals surface area contributed by atoms with Gasteiger partial charge < -0.3 is 0 Å². The Kier molecular flexibility index (Phi) is 22.3. The van der Waals surface area contributed by atoms with Gasteiger partial charge in [-0.3, -0.25) is 0 Å². The Morgan fingerprint density at radius 2 is 0.704 bits per heavy atom. The lowest BCUT2D eigenvalue weighted by molar-refractivity contribution is 0.726. The molecule has 0 aliphatic heterocycles. The molecule has 0 rings (SSSR count). The first-order valence-electron chi connectivity index (χ1n) is 12.7. The first-order chi connectivity index (χ1) is 13.2. The van der Waals surface area contributed by atoms with E-state index in [2.05, 4.69) is 34.6 Å². The van der Waals surface area contributed by atoms with Crippen LogP contribution in [0.2, 0.25) is 0 Å². The number of hydrogen-bond acceptors (Lipinski definition) is 0. The Hall–Kier alpha value is 0.860. The zero-order chi connectivity index (χ0) is 20.2. The van der Waals surface area contributed by atoms with E-state index >= 15 is 0 Å². The highest BCUT2D eigenvalue weighted by atomic mass is 31.2. The summed E-state index contributed by atoms with van der Waals surface area (Å²) < 4.78 is 0. The zero-order valence-corrected chi connectivity index (χ0v) is 21.7. The Morgan fingerprint density at radius 3 is 0.963 bits per heavy atom. The maximum absolute atomic E-state index is 2.41. The smallest absolute Gasteiger partial charge is 0.000583 e. The predicted molar refractivity (Wildman–Crippen MR) is 135 cm³/mol. The fraction of sp³-hybridized carbons (Fsp3) is 1.00. The SMILES string of the molecule is CCCCCP(CCCCC)C(CCCC)P(CCCCC)CCCCC. The molecule has 0 radical (unpaired) electrons. The molecule has 0 aromatic carbocycles. The Morgan fingerprint density at radius 1 is 0.407 bits per heavy atom. The van der Waals surface area contributed by atoms with E-state index in [1.54, 1.807) is 31.1 Å². The van der Waals surface area contributed by atoms with Gasteiger partial charge in [0.25, 0.3) is 0 Å². The standard InChI is InChI=1S/C25H54P2/c1-6-11-16-21-26(22-17-12-7-2)25(20-15-10-5)27(23-18-13-8-3)24-19-14-9-4/h25H,6-24H2,1-5H3. The summed E-state index contributed by atoms with van der Waals surface area (Å²) in [5, 5.41) is 1.15. The highest BCUT2D eigenvalue weighted by molar-refractivity contribution is 7.75. The Balaban J connectivity index is 5.10. The molecule has 0 nitrogen and oxygen atoms in total. The quantitative estimate of drug-likeness (QED) is 0.129. The molecule has 0 amide bonds. The highest BCUT2D eigenvalue weighted by Crippen LogP contribution is 2.61. The van der Waals surface area contributed by atoms with Crippen LogP contribution in [0.25, 0.3) is 0 Å². The van der Waals surface area contributed by atoms with Crippen molar-refractivity contribution in [3.05, 3.63) is 0 Å². The van der Waals surface area contributed by atoms with E-state index in [1.165, 1.54) is 89.9 Å². The third kappa shape index (κ3) is 15.4. The van der Waals surface area contributed by atoms with Crippen LogP contribution in [0, 0.1) is 0 Å². The molecule has 0 aliphatic rings. The van der Waals surface area contributed by atoms with Crippen LogP contribution in [-0.2, 0) is 0 Å². The molecule has 0 spiro atoms.